The lowest BCUT2D eigenvalue weighted by molar-refractivity contribution is -0.150. The molecule has 1 aliphatic rings. The number of hydrogen-bond acceptors (Lipinski definition) is 4. The molecule has 0 saturated heterocycles. The Hall–Kier alpha value is -1.65. The van der Waals surface area contributed by atoms with Crippen molar-refractivity contribution in [1.82, 2.24) is 9.97 Å². The number of carboxylic acids is 1. The lowest BCUT2D eigenvalue weighted by Crippen LogP contribution is -2.39. The molecular formula is C12H17N3O2. The van der Waals surface area contributed by atoms with E-state index in [4.69, 9.17) is 0 Å². The van der Waals surface area contributed by atoms with Gasteiger partial charge in [0.2, 0.25) is 5.95 Å². The first-order valence-corrected chi connectivity index (χ1v) is 5.97. The lowest BCUT2D eigenvalue weighted by atomic mass is 9.74. The zero-order valence-corrected chi connectivity index (χ0v) is 9.72. The van der Waals surface area contributed by atoms with E-state index in [9.17, 15) is 9.90 Å². The van der Waals surface area contributed by atoms with Crippen molar-refractivity contribution >= 4 is 11.9 Å². The Morgan fingerprint density at radius 2 is 1.94 bits per heavy atom. The number of carbonyl (C=O) groups is 1. The maximum Gasteiger partial charge on any atom is 0.311 e. The van der Waals surface area contributed by atoms with Crippen LogP contribution < -0.4 is 5.32 Å². The molecule has 2 N–H and O–H groups in total. The summed E-state index contributed by atoms with van der Waals surface area (Å²) < 4.78 is 0. The zero-order chi connectivity index (χ0) is 12.1. The van der Waals surface area contributed by atoms with Gasteiger partial charge in [0.05, 0.1) is 5.41 Å². The van der Waals surface area contributed by atoms with Gasteiger partial charge in [-0.05, 0) is 18.9 Å². The van der Waals surface area contributed by atoms with Gasteiger partial charge in [-0.1, -0.05) is 19.3 Å². The third-order valence-corrected chi connectivity index (χ3v) is 3.42. The lowest BCUT2D eigenvalue weighted by Gasteiger charge is -2.33. The molecule has 1 fully saturated rings. The summed E-state index contributed by atoms with van der Waals surface area (Å²) in [5, 5.41) is 12.4. The number of rotatable bonds is 4. The quantitative estimate of drug-likeness (QED) is 0.834. The predicted molar refractivity (Wildman–Crippen MR) is 63.7 cm³/mol. The molecule has 0 aliphatic heterocycles. The third-order valence-electron chi connectivity index (χ3n) is 3.42. The third kappa shape index (κ3) is 2.72. The van der Waals surface area contributed by atoms with Gasteiger partial charge in [-0.25, -0.2) is 9.97 Å². The summed E-state index contributed by atoms with van der Waals surface area (Å²) in [6.45, 7) is 0.409. The maximum atomic E-state index is 11.4. The van der Waals surface area contributed by atoms with Crippen LogP contribution in [0.2, 0.25) is 0 Å². The first-order chi connectivity index (χ1) is 8.23. The molecule has 0 atom stereocenters. The van der Waals surface area contributed by atoms with E-state index in [0.717, 1.165) is 32.1 Å². The molecule has 92 valence electrons. The van der Waals surface area contributed by atoms with Gasteiger partial charge in [-0.3, -0.25) is 4.79 Å². The number of nitrogens with zero attached hydrogens (tertiary/aromatic N) is 2. The molecule has 0 spiro atoms. The van der Waals surface area contributed by atoms with Gasteiger partial charge >= 0.3 is 5.97 Å². The maximum absolute atomic E-state index is 11.4. The van der Waals surface area contributed by atoms with E-state index in [1.54, 1.807) is 18.5 Å². The molecular weight excluding hydrogens is 218 g/mol. The Balaban J connectivity index is 2.01. The van der Waals surface area contributed by atoms with E-state index in [-0.39, 0.29) is 0 Å². The largest absolute Gasteiger partial charge is 0.481 e. The molecule has 0 radical (unpaired) electrons. The van der Waals surface area contributed by atoms with E-state index in [1.807, 2.05) is 0 Å². The Morgan fingerprint density at radius 1 is 1.29 bits per heavy atom. The summed E-state index contributed by atoms with van der Waals surface area (Å²) in [4.78, 5) is 19.5. The second kappa shape index (κ2) is 5.12. The Morgan fingerprint density at radius 3 is 2.53 bits per heavy atom. The highest BCUT2D eigenvalue weighted by Crippen LogP contribution is 2.36. The van der Waals surface area contributed by atoms with Gasteiger partial charge in [0.1, 0.15) is 0 Å². The molecule has 0 unspecified atom stereocenters. The topological polar surface area (TPSA) is 75.1 Å². The van der Waals surface area contributed by atoms with Crippen molar-refractivity contribution < 1.29 is 9.90 Å². The van der Waals surface area contributed by atoms with Crippen molar-refractivity contribution in [3.63, 3.8) is 0 Å². The number of aliphatic carboxylic acids is 1. The van der Waals surface area contributed by atoms with Crippen LogP contribution in [0.1, 0.15) is 32.1 Å². The summed E-state index contributed by atoms with van der Waals surface area (Å²) in [6, 6.07) is 1.73. The fourth-order valence-electron chi connectivity index (χ4n) is 2.33. The zero-order valence-electron chi connectivity index (χ0n) is 9.72. The molecule has 5 nitrogen and oxygen atoms in total. The predicted octanol–water partition coefficient (Wildman–Crippen LogP) is 1.92. The molecule has 1 aromatic rings. The first kappa shape index (κ1) is 11.8. The number of aromatic nitrogens is 2. The minimum atomic E-state index is -0.708. The van der Waals surface area contributed by atoms with Gasteiger partial charge in [-0.15, -0.1) is 0 Å². The van der Waals surface area contributed by atoms with Crippen molar-refractivity contribution in [2.45, 2.75) is 32.1 Å². The summed E-state index contributed by atoms with van der Waals surface area (Å²) in [7, 11) is 0. The SMILES string of the molecule is O=C(O)C1(CNc2ncccn2)CCCCC1. The van der Waals surface area contributed by atoms with Gasteiger partial charge in [-0.2, -0.15) is 0 Å². The van der Waals surface area contributed by atoms with Crippen molar-refractivity contribution in [1.29, 1.82) is 0 Å². The number of hydrogen-bond donors (Lipinski definition) is 2. The second-order valence-electron chi connectivity index (χ2n) is 4.57. The summed E-state index contributed by atoms with van der Waals surface area (Å²) in [6.07, 6.45) is 7.88. The summed E-state index contributed by atoms with van der Waals surface area (Å²) in [5.74, 6) is -0.209. The van der Waals surface area contributed by atoms with Gasteiger partial charge < -0.3 is 10.4 Å². The normalized spacial score (nSPS) is 18.6. The molecule has 1 aliphatic carbocycles. The van der Waals surface area contributed by atoms with Crippen LogP contribution in [0, 0.1) is 5.41 Å². The highest BCUT2D eigenvalue weighted by molar-refractivity contribution is 5.75. The van der Waals surface area contributed by atoms with Gasteiger partial charge in [0, 0.05) is 18.9 Å². The van der Waals surface area contributed by atoms with Gasteiger partial charge in [0.15, 0.2) is 0 Å². The summed E-state index contributed by atoms with van der Waals surface area (Å²) in [5.41, 5.74) is -0.641. The Kier molecular flexibility index (Phi) is 3.56. The molecule has 5 heteroatoms. The molecule has 1 saturated carbocycles. The standard InChI is InChI=1S/C12H17N3O2/c16-10(17)12(5-2-1-3-6-12)9-15-11-13-7-4-8-14-11/h4,7-8H,1-3,5-6,9H2,(H,16,17)(H,13,14,15). The number of anilines is 1. The smallest absolute Gasteiger partial charge is 0.311 e. The number of carboxylic acid groups (broad SMARTS) is 1. The van der Waals surface area contributed by atoms with Crippen LogP contribution in [0.4, 0.5) is 5.95 Å². The van der Waals surface area contributed by atoms with Crippen LogP contribution in [-0.2, 0) is 4.79 Å². The highest BCUT2D eigenvalue weighted by atomic mass is 16.4. The van der Waals surface area contributed by atoms with Gasteiger partial charge in [0.25, 0.3) is 0 Å². The van der Waals surface area contributed by atoms with Crippen LogP contribution in [-0.4, -0.2) is 27.6 Å². The van der Waals surface area contributed by atoms with Crippen LogP contribution in [0.15, 0.2) is 18.5 Å². The van der Waals surface area contributed by atoms with E-state index < -0.39 is 11.4 Å². The van der Waals surface area contributed by atoms with Crippen molar-refractivity contribution in [3.8, 4) is 0 Å². The highest BCUT2D eigenvalue weighted by Gasteiger charge is 2.39. The molecule has 0 bridgehead atoms. The molecule has 1 heterocycles. The van der Waals surface area contributed by atoms with Crippen LogP contribution in [0.25, 0.3) is 0 Å². The fourth-order valence-corrected chi connectivity index (χ4v) is 2.33. The molecule has 0 aromatic carbocycles. The van der Waals surface area contributed by atoms with E-state index in [1.165, 1.54) is 0 Å². The second-order valence-corrected chi connectivity index (χ2v) is 4.57. The molecule has 1 aromatic heterocycles. The van der Waals surface area contributed by atoms with Crippen LogP contribution >= 0.6 is 0 Å². The van der Waals surface area contributed by atoms with Crippen LogP contribution in [0.3, 0.4) is 0 Å². The molecule has 17 heavy (non-hydrogen) atoms. The number of nitrogens with one attached hydrogen (secondary N) is 1. The molecule has 0 amide bonds. The van der Waals surface area contributed by atoms with E-state index >= 15 is 0 Å². The van der Waals surface area contributed by atoms with Crippen molar-refractivity contribution in [3.05, 3.63) is 18.5 Å². The monoisotopic (exact) mass is 235 g/mol. The van der Waals surface area contributed by atoms with Crippen LogP contribution in [0.5, 0.6) is 0 Å². The average molecular weight is 235 g/mol. The Bertz CT molecular complexity index is 375. The first-order valence-electron chi connectivity index (χ1n) is 5.97. The minimum Gasteiger partial charge on any atom is -0.481 e. The molecule has 2 rings (SSSR count). The van der Waals surface area contributed by atoms with Crippen molar-refractivity contribution in [2.75, 3.05) is 11.9 Å². The van der Waals surface area contributed by atoms with Crippen molar-refractivity contribution in [2.24, 2.45) is 5.41 Å². The average Bonchev–Trinajstić information content (AvgIpc) is 2.38. The minimum absolute atomic E-state index is 0.409. The Labute approximate surface area is 100 Å². The fraction of sp³-hybridized carbons (Fsp3) is 0.583. The van der Waals surface area contributed by atoms with E-state index in [0.29, 0.717) is 12.5 Å². The van der Waals surface area contributed by atoms with E-state index in [2.05, 4.69) is 15.3 Å². The summed E-state index contributed by atoms with van der Waals surface area (Å²) >= 11 is 0.